The molecule has 0 saturated carbocycles. The molecule has 0 rings (SSSR count). The molecule has 0 aromatic heterocycles. The van der Waals surface area contributed by atoms with Crippen LogP contribution in [0.2, 0.25) is 0 Å². The largest absolute Gasteiger partial charge is 0.462 e. The van der Waals surface area contributed by atoms with E-state index in [-0.39, 0.29) is 37.5 Å². The third kappa shape index (κ3) is 50.0. The smallest absolute Gasteiger partial charge is 0.306 e. The molecule has 0 fully saturated rings. The Kier molecular flexibility index (Phi) is 49.4. The van der Waals surface area contributed by atoms with E-state index in [2.05, 4.69) is 75.5 Å². The minimum atomic E-state index is -0.809. The molecule has 63 heavy (non-hydrogen) atoms. The standard InChI is InChI=1S/C57H100O6/c1-4-7-10-13-16-19-22-25-27-29-31-32-35-38-41-44-47-50-56(59)62-53-54(52-61-55(58)49-46-43-40-37-34-24-21-18-15-12-9-6-3)63-57(60)51-48-45-42-39-36-33-30-28-26-23-20-17-14-11-8-5-2/h8,11,17,20,26,28,33,36,42,45,54H,4-7,9-10,12-16,18-19,21-25,27,29-32,34-35,37-41,43-44,46-53H2,1-3H3/b11-8-,20-17-,28-26-,36-33-,45-42-. The third-order valence-electron chi connectivity index (χ3n) is 11.6. The summed E-state index contributed by atoms with van der Waals surface area (Å²) in [6.07, 6.45) is 63.6. The number of hydrogen-bond acceptors (Lipinski definition) is 6. The lowest BCUT2D eigenvalue weighted by Gasteiger charge is -2.18. The van der Waals surface area contributed by atoms with Gasteiger partial charge in [0.25, 0.3) is 0 Å². The Balaban J connectivity index is 4.44. The summed E-state index contributed by atoms with van der Waals surface area (Å²) < 4.78 is 16.7. The molecule has 0 aliphatic rings. The maximum Gasteiger partial charge on any atom is 0.306 e. The van der Waals surface area contributed by atoms with Gasteiger partial charge in [0.05, 0.1) is 0 Å². The summed E-state index contributed by atoms with van der Waals surface area (Å²) in [6, 6.07) is 0. The summed E-state index contributed by atoms with van der Waals surface area (Å²) in [7, 11) is 0. The highest BCUT2D eigenvalue weighted by atomic mass is 16.6. The Morgan fingerprint density at radius 3 is 0.937 bits per heavy atom. The van der Waals surface area contributed by atoms with Crippen molar-refractivity contribution in [2.45, 2.75) is 271 Å². The maximum atomic E-state index is 12.8. The van der Waals surface area contributed by atoms with E-state index in [1.165, 1.54) is 148 Å². The number of unbranched alkanes of at least 4 members (excludes halogenated alkanes) is 27. The van der Waals surface area contributed by atoms with Crippen molar-refractivity contribution in [3.05, 3.63) is 60.8 Å². The first-order chi connectivity index (χ1) is 31.0. The van der Waals surface area contributed by atoms with Crippen molar-refractivity contribution in [2.24, 2.45) is 0 Å². The molecule has 6 nitrogen and oxygen atoms in total. The Labute approximate surface area is 390 Å². The van der Waals surface area contributed by atoms with Crippen LogP contribution in [0, 0.1) is 0 Å². The van der Waals surface area contributed by atoms with E-state index >= 15 is 0 Å². The SMILES string of the molecule is CC/C=C\C/C=C\C/C=C\C/C=C\C/C=C\CCC(=O)OC(COC(=O)CCCCCCCCCCCCCC)COC(=O)CCCCCCCCCCCCCCCCCCC. The molecule has 1 atom stereocenters. The highest BCUT2D eigenvalue weighted by molar-refractivity contribution is 5.71. The number of allylic oxidation sites excluding steroid dienone is 10. The Bertz CT molecular complexity index is 1150. The number of ether oxygens (including phenoxy) is 3. The number of hydrogen-bond donors (Lipinski definition) is 0. The molecular formula is C57H100O6. The summed E-state index contributed by atoms with van der Waals surface area (Å²) >= 11 is 0. The lowest BCUT2D eigenvalue weighted by molar-refractivity contribution is -0.166. The minimum Gasteiger partial charge on any atom is -0.462 e. The molecule has 0 aliphatic heterocycles. The zero-order valence-electron chi connectivity index (χ0n) is 41.6. The quantitative estimate of drug-likeness (QED) is 0.0262. The van der Waals surface area contributed by atoms with Gasteiger partial charge in [-0.3, -0.25) is 14.4 Å². The van der Waals surface area contributed by atoms with Gasteiger partial charge in [-0.05, 0) is 51.4 Å². The van der Waals surface area contributed by atoms with Gasteiger partial charge >= 0.3 is 17.9 Å². The molecule has 0 aliphatic carbocycles. The number of carbonyl (C=O) groups excluding carboxylic acids is 3. The molecule has 364 valence electrons. The molecule has 0 radical (unpaired) electrons. The lowest BCUT2D eigenvalue weighted by atomic mass is 10.0. The highest BCUT2D eigenvalue weighted by Gasteiger charge is 2.19. The van der Waals surface area contributed by atoms with E-state index in [1.54, 1.807) is 0 Å². The van der Waals surface area contributed by atoms with Gasteiger partial charge in [-0.25, -0.2) is 0 Å². The van der Waals surface area contributed by atoms with E-state index < -0.39 is 6.10 Å². The number of carbonyl (C=O) groups is 3. The summed E-state index contributed by atoms with van der Waals surface area (Å²) in [6.45, 7) is 6.48. The van der Waals surface area contributed by atoms with Gasteiger partial charge < -0.3 is 14.2 Å². The zero-order chi connectivity index (χ0) is 45.8. The predicted molar refractivity (Wildman–Crippen MR) is 270 cm³/mol. The monoisotopic (exact) mass is 881 g/mol. The van der Waals surface area contributed by atoms with Gasteiger partial charge in [-0.1, -0.05) is 255 Å². The number of rotatable bonds is 48. The second-order valence-corrected chi connectivity index (χ2v) is 17.8. The average molecular weight is 881 g/mol. The average Bonchev–Trinajstić information content (AvgIpc) is 3.28. The Hall–Kier alpha value is -2.89. The van der Waals surface area contributed by atoms with Crippen molar-refractivity contribution in [3.63, 3.8) is 0 Å². The highest BCUT2D eigenvalue weighted by Crippen LogP contribution is 2.16. The van der Waals surface area contributed by atoms with Crippen LogP contribution in [0.4, 0.5) is 0 Å². The van der Waals surface area contributed by atoms with Crippen LogP contribution in [-0.2, 0) is 28.6 Å². The van der Waals surface area contributed by atoms with Crippen LogP contribution in [0.5, 0.6) is 0 Å². The van der Waals surface area contributed by atoms with E-state index in [1.807, 2.05) is 6.08 Å². The molecule has 1 unspecified atom stereocenters. The molecule has 0 N–H and O–H groups in total. The first-order valence-electron chi connectivity index (χ1n) is 26.8. The van der Waals surface area contributed by atoms with Crippen molar-refractivity contribution in [1.82, 2.24) is 0 Å². The normalized spacial score (nSPS) is 12.5. The van der Waals surface area contributed by atoms with Crippen molar-refractivity contribution < 1.29 is 28.6 Å². The summed E-state index contributed by atoms with van der Waals surface area (Å²) in [5.74, 6) is -0.975. The minimum absolute atomic E-state index is 0.100. The summed E-state index contributed by atoms with van der Waals surface area (Å²) in [4.78, 5) is 38.0. The fourth-order valence-electron chi connectivity index (χ4n) is 7.55. The fraction of sp³-hybridized carbons (Fsp3) is 0.772. The fourth-order valence-corrected chi connectivity index (χ4v) is 7.55. The van der Waals surface area contributed by atoms with Gasteiger partial charge in [0.1, 0.15) is 13.2 Å². The van der Waals surface area contributed by atoms with Gasteiger partial charge in [-0.2, -0.15) is 0 Å². The zero-order valence-corrected chi connectivity index (χ0v) is 41.6. The molecule has 0 aromatic carbocycles. The van der Waals surface area contributed by atoms with Crippen molar-refractivity contribution in [1.29, 1.82) is 0 Å². The van der Waals surface area contributed by atoms with Crippen LogP contribution < -0.4 is 0 Å². The molecule has 0 amide bonds. The summed E-state index contributed by atoms with van der Waals surface area (Å²) in [5, 5.41) is 0. The molecule has 0 heterocycles. The first kappa shape index (κ1) is 60.1. The summed E-state index contributed by atoms with van der Waals surface area (Å²) in [5.41, 5.74) is 0. The van der Waals surface area contributed by atoms with Gasteiger partial charge in [0, 0.05) is 19.3 Å². The van der Waals surface area contributed by atoms with Gasteiger partial charge in [0.15, 0.2) is 6.10 Å². The maximum absolute atomic E-state index is 12.8. The molecule has 0 saturated heterocycles. The predicted octanol–water partition coefficient (Wildman–Crippen LogP) is 17.6. The topological polar surface area (TPSA) is 78.9 Å². The lowest BCUT2D eigenvalue weighted by Crippen LogP contribution is -2.30. The van der Waals surface area contributed by atoms with Gasteiger partial charge in [-0.15, -0.1) is 0 Å². The Morgan fingerprint density at radius 1 is 0.333 bits per heavy atom. The second kappa shape index (κ2) is 51.7. The van der Waals surface area contributed by atoms with E-state index in [4.69, 9.17) is 14.2 Å². The third-order valence-corrected chi connectivity index (χ3v) is 11.6. The van der Waals surface area contributed by atoms with Crippen molar-refractivity contribution in [2.75, 3.05) is 13.2 Å². The molecule has 0 bridgehead atoms. The van der Waals surface area contributed by atoms with Crippen LogP contribution in [0.15, 0.2) is 60.8 Å². The van der Waals surface area contributed by atoms with Crippen LogP contribution in [-0.4, -0.2) is 37.2 Å². The second-order valence-electron chi connectivity index (χ2n) is 17.8. The van der Waals surface area contributed by atoms with Gasteiger partial charge in [0.2, 0.25) is 0 Å². The molecule has 6 heteroatoms. The van der Waals surface area contributed by atoms with Crippen LogP contribution in [0.1, 0.15) is 265 Å². The molecule has 0 spiro atoms. The molecular weight excluding hydrogens is 781 g/mol. The van der Waals surface area contributed by atoms with Crippen LogP contribution in [0.25, 0.3) is 0 Å². The molecule has 0 aromatic rings. The Morgan fingerprint density at radius 2 is 0.619 bits per heavy atom. The number of esters is 3. The van der Waals surface area contributed by atoms with E-state index in [0.29, 0.717) is 19.3 Å². The first-order valence-corrected chi connectivity index (χ1v) is 26.8. The van der Waals surface area contributed by atoms with Crippen LogP contribution in [0.3, 0.4) is 0 Å². The van der Waals surface area contributed by atoms with Crippen molar-refractivity contribution >= 4 is 17.9 Å². The van der Waals surface area contributed by atoms with Crippen molar-refractivity contribution in [3.8, 4) is 0 Å². The van der Waals surface area contributed by atoms with E-state index in [9.17, 15) is 14.4 Å². The van der Waals surface area contributed by atoms with E-state index in [0.717, 1.165) is 70.6 Å². The van der Waals surface area contributed by atoms with Crippen LogP contribution >= 0.6 is 0 Å².